The van der Waals surface area contributed by atoms with Gasteiger partial charge in [0.15, 0.2) is 5.82 Å². The zero-order valence-electron chi connectivity index (χ0n) is 18.2. The highest BCUT2D eigenvalue weighted by atomic mass is 32.1. The molecule has 0 spiro atoms. The Bertz CT molecular complexity index is 1450. The molecule has 1 N–H and O–H groups in total. The van der Waals surface area contributed by atoms with Gasteiger partial charge in [-0.25, -0.2) is 9.67 Å². The first kappa shape index (κ1) is 20.2. The third-order valence-electron chi connectivity index (χ3n) is 6.38. The largest absolute Gasteiger partial charge is 0.321 e. The minimum Gasteiger partial charge on any atom is -0.321 e. The second-order valence-electron chi connectivity index (χ2n) is 8.74. The topological polar surface area (TPSA) is 108 Å². The van der Waals surface area contributed by atoms with E-state index in [2.05, 4.69) is 20.8 Å². The minimum absolute atomic E-state index is 0.0291. The fourth-order valence-electron chi connectivity index (χ4n) is 4.50. The highest BCUT2D eigenvalue weighted by molar-refractivity contribution is 7.20. The van der Waals surface area contributed by atoms with E-state index in [4.69, 9.17) is 4.98 Å². The van der Waals surface area contributed by atoms with Crippen molar-refractivity contribution in [2.45, 2.75) is 58.0 Å². The van der Waals surface area contributed by atoms with Crippen LogP contribution < -0.4 is 10.9 Å². The fourth-order valence-corrected chi connectivity index (χ4v) is 5.58. The molecule has 3 aromatic heterocycles. The van der Waals surface area contributed by atoms with Gasteiger partial charge in [-0.15, -0.1) is 16.4 Å². The summed E-state index contributed by atoms with van der Waals surface area (Å²) in [5, 5.41) is 15.6. The van der Waals surface area contributed by atoms with Gasteiger partial charge in [0.1, 0.15) is 10.7 Å². The number of benzene rings is 1. The van der Waals surface area contributed by atoms with E-state index in [0.29, 0.717) is 44.8 Å². The Kier molecular flexibility index (Phi) is 4.83. The van der Waals surface area contributed by atoms with Crippen LogP contribution in [-0.4, -0.2) is 35.7 Å². The lowest BCUT2D eigenvalue weighted by Crippen LogP contribution is -2.24. The molecule has 1 saturated carbocycles. The zero-order valence-corrected chi connectivity index (χ0v) is 19.1. The number of aryl methyl sites for hydroxylation is 2. The van der Waals surface area contributed by atoms with E-state index in [1.54, 1.807) is 4.57 Å². The van der Waals surface area contributed by atoms with Crippen molar-refractivity contribution >= 4 is 33.1 Å². The number of carbonyl (C=O) groups excluding carboxylic acids is 1. The van der Waals surface area contributed by atoms with Crippen molar-refractivity contribution in [3.63, 3.8) is 0 Å². The lowest BCUT2D eigenvalue weighted by atomic mass is 10.1. The summed E-state index contributed by atoms with van der Waals surface area (Å²) >= 11 is 1.29. The van der Waals surface area contributed by atoms with Crippen LogP contribution in [0.2, 0.25) is 0 Å². The smallest absolute Gasteiger partial charge is 0.266 e. The Morgan fingerprint density at radius 1 is 1.21 bits per heavy atom. The molecule has 0 unspecified atom stereocenters. The van der Waals surface area contributed by atoms with Crippen LogP contribution in [-0.2, 0) is 13.0 Å². The van der Waals surface area contributed by atoms with Crippen molar-refractivity contribution in [1.29, 1.82) is 0 Å². The summed E-state index contributed by atoms with van der Waals surface area (Å²) in [7, 11) is 0. The van der Waals surface area contributed by atoms with Crippen LogP contribution in [0.3, 0.4) is 0 Å². The Hall–Kier alpha value is -3.40. The predicted molar refractivity (Wildman–Crippen MR) is 126 cm³/mol. The van der Waals surface area contributed by atoms with Gasteiger partial charge in [0.05, 0.1) is 16.3 Å². The van der Waals surface area contributed by atoms with Crippen molar-refractivity contribution in [2.75, 3.05) is 5.32 Å². The van der Waals surface area contributed by atoms with Gasteiger partial charge in [0.25, 0.3) is 11.5 Å². The van der Waals surface area contributed by atoms with E-state index in [9.17, 15) is 9.59 Å². The lowest BCUT2D eigenvalue weighted by molar-refractivity contribution is 0.103. The summed E-state index contributed by atoms with van der Waals surface area (Å²) in [6.45, 7) is 2.53. The molecular weight excluding hydrogens is 438 g/mol. The molecule has 1 fully saturated rings. The molecule has 9 nitrogen and oxygen atoms in total. The molecule has 1 amide bonds. The third kappa shape index (κ3) is 3.54. The fraction of sp³-hybridized carbons (Fsp3) is 0.391. The number of tetrazole rings is 1. The number of amides is 1. The molecule has 0 atom stereocenters. The molecule has 1 aliphatic heterocycles. The van der Waals surface area contributed by atoms with E-state index < -0.39 is 0 Å². The van der Waals surface area contributed by atoms with E-state index in [1.807, 2.05) is 35.9 Å². The first-order chi connectivity index (χ1) is 16.1. The molecule has 0 bridgehead atoms. The third-order valence-corrected chi connectivity index (χ3v) is 7.57. The van der Waals surface area contributed by atoms with Crippen molar-refractivity contribution in [3.8, 4) is 11.4 Å². The van der Waals surface area contributed by atoms with Crippen LogP contribution in [0.4, 0.5) is 5.69 Å². The summed E-state index contributed by atoms with van der Waals surface area (Å²) in [5.74, 6) is 1.29. The molecule has 168 valence electrons. The van der Waals surface area contributed by atoms with Crippen LogP contribution in [0.25, 0.3) is 21.6 Å². The molecule has 1 aliphatic carbocycles. The monoisotopic (exact) mass is 461 g/mol. The number of fused-ring (bicyclic) bond motifs is 2. The van der Waals surface area contributed by atoms with Crippen molar-refractivity contribution < 1.29 is 4.79 Å². The predicted octanol–water partition coefficient (Wildman–Crippen LogP) is 3.73. The molecule has 0 radical (unpaired) electrons. The van der Waals surface area contributed by atoms with Crippen molar-refractivity contribution in [2.24, 2.45) is 0 Å². The Labute approximate surface area is 193 Å². The van der Waals surface area contributed by atoms with Gasteiger partial charge in [-0.3, -0.25) is 14.2 Å². The van der Waals surface area contributed by atoms with Gasteiger partial charge in [0, 0.05) is 24.2 Å². The standard InChI is InChI=1S/C23H23N7O2S/c1-13-18-22(25-17-8-3-2-4-11-29(17)23(18)32)33-19(13)21(31)24-15-7-5-6-14(12-15)20-26-27-28-30(20)16-9-10-16/h5-7,12,16H,2-4,8-11H2,1H3,(H,24,31). The Morgan fingerprint density at radius 3 is 2.94 bits per heavy atom. The van der Waals surface area contributed by atoms with Gasteiger partial charge in [-0.1, -0.05) is 18.6 Å². The van der Waals surface area contributed by atoms with Crippen LogP contribution in [0.5, 0.6) is 0 Å². The van der Waals surface area contributed by atoms with E-state index in [0.717, 1.165) is 49.9 Å². The molecule has 4 aromatic rings. The molecule has 4 heterocycles. The van der Waals surface area contributed by atoms with Crippen LogP contribution in [0.15, 0.2) is 29.1 Å². The van der Waals surface area contributed by atoms with Gasteiger partial charge in [0.2, 0.25) is 0 Å². The molecular formula is C23H23N7O2S. The lowest BCUT2D eigenvalue weighted by Gasteiger charge is -2.08. The maximum Gasteiger partial charge on any atom is 0.266 e. The average molecular weight is 462 g/mol. The minimum atomic E-state index is -0.242. The molecule has 33 heavy (non-hydrogen) atoms. The number of thiophene rings is 1. The number of nitrogens with one attached hydrogen (secondary N) is 1. The summed E-state index contributed by atoms with van der Waals surface area (Å²) in [4.78, 5) is 32.3. The van der Waals surface area contributed by atoms with Crippen LogP contribution >= 0.6 is 11.3 Å². The first-order valence-electron chi connectivity index (χ1n) is 11.3. The molecule has 0 saturated heterocycles. The number of aromatic nitrogens is 6. The van der Waals surface area contributed by atoms with E-state index in [-0.39, 0.29) is 11.5 Å². The number of hydrogen-bond acceptors (Lipinski definition) is 7. The quantitative estimate of drug-likeness (QED) is 0.496. The maximum absolute atomic E-state index is 13.2. The number of carbonyl (C=O) groups is 1. The summed E-state index contributed by atoms with van der Waals surface area (Å²) < 4.78 is 3.64. The van der Waals surface area contributed by atoms with Crippen LogP contribution in [0, 0.1) is 6.92 Å². The average Bonchev–Trinajstić information content (AvgIpc) is 3.50. The van der Waals surface area contributed by atoms with Crippen LogP contribution in [0.1, 0.15) is 59.2 Å². The number of hydrogen-bond donors (Lipinski definition) is 1. The Balaban J connectivity index is 1.32. The second-order valence-corrected chi connectivity index (χ2v) is 9.74. The maximum atomic E-state index is 13.2. The van der Waals surface area contributed by atoms with Gasteiger partial charge in [-0.2, -0.15) is 0 Å². The normalized spacial score (nSPS) is 15.9. The van der Waals surface area contributed by atoms with E-state index >= 15 is 0 Å². The summed E-state index contributed by atoms with van der Waals surface area (Å²) in [6, 6.07) is 7.88. The molecule has 2 aliphatic rings. The zero-order chi connectivity index (χ0) is 22.5. The number of nitrogens with zero attached hydrogens (tertiary/aromatic N) is 6. The molecule has 1 aromatic carbocycles. The SMILES string of the molecule is Cc1c(C(=O)Nc2cccc(-c3nnnn3C3CC3)c2)sc2nc3n(c(=O)c12)CCCCC3. The first-order valence-corrected chi connectivity index (χ1v) is 12.1. The van der Waals surface area contributed by atoms with Crippen molar-refractivity contribution in [3.05, 3.63) is 50.9 Å². The van der Waals surface area contributed by atoms with Gasteiger partial charge >= 0.3 is 0 Å². The van der Waals surface area contributed by atoms with Gasteiger partial charge < -0.3 is 5.32 Å². The van der Waals surface area contributed by atoms with Gasteiger partial charge in [-0.05, 0) is 60.7 Å². The molecule has 10 heteroatoms. The number of anilines is 1. The highest BCUT2D eigenvalue weighted by Crippen LogP contribution is 2.37. The molecule has 6 rings (SSSR count). The van der Waals surface area contributed by atoms with E-state index in [1.165, 1.54) is 11.3 Å². The second kappa shape index (κ2) is 7.87. The van der Waals surface area contributed by atoms with Crippen molar-refractivity contribution in [1.82, 2.24) is 29.8 Å². The number of rotatable bonds is 4. The summed E-state index contributed by atoms with van der Waals surface area (Å²) in [6.07, 6.45) is 6.09. The highest BCUT2D eigenvalue weighted by Gasteiger charge is 2.28. The summed E-state index contributed by atoms with van der Waals surface area (Å²) in [5.41, 5.74) is 2.17. The Morgan fingerprint density at radius 2 is 2.09 bits per heavy atom.